The summed E-state index contributed by atoms with van der Waals surface area (Å²) in [6.07, 6.45) is 2.02. The number of rotatable bonds is 2. The van der Waals surface area contributed by atoms with Gasteiger partial charge in [0.25, 0.3) is 0 Å². The van der Waals surface area contributed by atoms with Crippen LogP contribution < -0.4 is 0 Å². The van der Waals surface area contributed by atoms with Crippen molar-refractivity contribution in [3.8, 4) is 22.4 Å². The fourth-order valence-electron chi connectivity index (χ4n) is 8.44. The first kappa shape index (κ1) is 27.7. The molecular formula is C47H27N5. The Morgan fingerprint density at radius 1 is 0.346 bits per heavy atom. The van der Waals surface area contributed by atoms with Crippen molar-refractivity contribution in [2.45, 2.75) is 0 Å². The zero-order valence-electron chi connectivity index (χ0n) is 27.8. The Labute approximate surface area is 296 Å². The number of benzene rings is 7. The second-order valence-corrected chi connectivity index (χ2v) is 13.7. The molecule has 0 saturated carbocycles. The van der Waals surface area contributed by atoms with E-state index in [2.05, 4.69) is 167 Å². The number of hydrogen-bond acceptors (Lipinski definition) is 3. The van der Waals surface area contributed by atoms with Crippen molar-refractivity contribution in [3.63, 3.8) is 0 Å². The van der Waals surface area contributed by atoms with Gasteiger partial charge in [0, 0.05) is 38.7 Å². The Balaban J connectivity index is 1.03. The van der Waals surface area contributed by atoms with Crippen LogP contribution in [-0.4, -0.2) is 23.8 Å². The summed E-state index contributed by atoms with van der Waals surface area (Å²) in [6, 6.07) is 56.3. The van der Waals surface area contributed by atoms with Crippen molar-refractivity contribution in [1.29, 1.82) is 0 Å². The van der Waals surface area contributed by atoms with Crippen LogP contribution in [0.15, 0.2) is 164 Å². The molecule has 7 aromatic carbocycles. The first-order valence-corrected chi connectivity index (χ1v) is 17.6. The highest BCUT2D eigenvalue weighted by Crippen LogP contribution is 2.37. The maximum atomic E-state index is 5.14. The van der Waals surface area contributed by atoms with E-state index in [4.69, 9.17) is 15.0 Å². The molecule has 0 atom stereocenters. The van der Waals surface area contributed by atoms with E-state index in [1.807, 2.05) is 6.20 Å². The largest absolute Gasteiger partial charge is 0.292 e. The normalized spacial score (nSPS) is 12.2. The summed E-state index contributed by atoms with van der Waals surface area (Å²) >= 11 is 0. The SMILES string of the molecule is c1ccc2c(c1)nc1c3cc(-c4ccc5ccc(-c6cc7c(cn6)c6ccccc6n6c8ccccc8nc76)cc5c4)ccc3c3ccccc3n21. The van der Waals surface area contributed by atoms with Crippen molar-refractivity contribution >= 4 is 87.5 Å². The molecule has 52 heavy (non-hydrogen) atoms. The van der Waals surface area contributed by atoms with Gasteiger partial charge in [0.15, 0.2) is 0 Å². The van der Waals surface area contributed by atoms with Crippen molar-refractivity contribution in [1.82, 2.24) is 23.8 Å². The molecule has 0 radical (unpaired) electrons. The van der Waals surface area contributed by atoms with Crippen molar-refractivity contribution in [2.75, 3.05) is 0 Å². The quantitative estimate of drug-likeness (QED) is 0.173. The maximum absolute atomic E-state index is 5.14. The highest BCUT2D eigenvalue weighted by Gasteiger charge is 2.17. The van der Waals surface area contributed by atoms with Gasteiger partial charge >= 0.3 is 0 Å². The fourth-order valence-corrected chi connectivity index (χ4v) is 8.44. The summed E-state index contributed by atoms with van der Waals surface area (Å²) in [5.74, 6) is 0. The molecule has 0 aliphatic carbocycles. The molecule has 12 aromatic rings. The lowest BCUT2D eigenvalue weighted by Crippen LogP contribution is -1.93. The van der Waals surface area contributed by atoms with Gasteiger partial charge in [-0.2, -0.15) is 0 Å². The third kappa shape index (κ3) is 3.79. The van der Waals surface area contributed by atoms with E-state index in [1.165, 1.54) is 32.4 Å². The van der Waals surface area contributed by atoms with Crippen LogP contribution in [-0.2, 0) is 0 Å². The molecule has 0 amide bonds. The van der Waals surface area contributed by atoms with E-state index in [0.717, 1.165) is 77.4 Å². The molecule has 0 saturated heterocycles. The molecule has 0 aliphatic heterocycles. The van der Waals surface area contributed by atoms with Gasteiger partial charge in [-0.05, 0) is 87.9 Å². The second kappa shape index (κ2) is 10.2. The number of hydrogen-bond donors (Lipinski definition) is 0. The van der Waals surface area contributed by atoms with Gasteiger partial charge in [0.2, 0.25) is 0 Å². The summed E-state index contributed by atoms with van der Waals surface area (Å²) in [5.41, 5.74) is 12.8. The number of para-hydroxylation sites is 6. The molecule has 5 heteroatoms. The van der Waals surface area contributed by atoms with Gasteiger partial charge in [-0.3, -0.25) is 13.8 Å². The van der Waals surface area contributed by atoms with Gasteiger partial charge in [-0.1, -0.05) is 97.1 Å². The summed E-state index contributed by atoms with van der Waals surface area (Å²) in [6.45, 7) is 0. The van der Waals surface area contributed by atoms with Crippen LogP contribution in [0.5, 0.6) is 0 Å². The van der Waals surface area contributed by atoms with E-state index in [0.29, 0.717) is 0 Å². The Hall–Kier alpha value is -7.11. The summed E-state index contributed by atoms with van der Waals surface area (Å²) < 4.78 is 4.60. The molecule has 0 aliphatic rings. The number of fused-ring (bicyclic) bond motifs is 17. The third-order valence-electron chi connectivity index (χ3n) is 10.9. The molecule has 240 valence electrons. The molecule has 5 heterocycles. The molecule has 0 spiro atoms. The van der Waals surface area contributed by atoms with Gasteiger partial charge in [-0.15, -0.1) is 0 Å². The first-order valence-electron chi connectivity index (χ1n) is 17.6. The highest BCUT2D eigenvalue weighted by molar-refractivity contribution is 6.16. The predicted molar refractivity (Wildman–Crippen MR) is 215 cm³/mol. The maximum Gasteiger partial charge on any atom is 0.146 e. The number of pyridine rings is 3. The topological polar surface area (TPSA) is 47.5 Å². The summed E-state index contributed by atoms with van der Waals surface area (Å²) in [4.78, 5) is 15.3. The zero-order chi connectivity index (χ0) is 33.9. The number of nitrogens with zero attached hydrogens (tertiary/aromatic N) is 5. The Kier molecular flexibility index (Phi) is 5.44. The average Bonchev–Trinajstić information content (AvgIpc) is 3.80. The second-order valence-electron chi connectivity index (χ2n) is 13.7. The molecular weight excluding hydrogens is 635 g/mol. The summed E-state index contributed by atoms with van der Waals surface area (Å²) in [5, 5.41) is 9.30. The van der Waals surface area contributed by atoms with Crippen LogP contribution in [0.1, 0.15) is 0 Å². The Bertz CT molecular complexity index is 3250. The van der Waals surface area contributed by atoms with Crippen LogP contribution in [0.25, 0.3) is 110 Å². The first-order chi connectivity index (χ1) is 25.8. The molecule has 5 nitrogen and oxygen atoms in total. The van der Waals surface area contributed by atoms with Crippen LogP contribution in [0.4, 0.5) is 0 Å². The van der Waals surface area contributed by atoms with E-state index in [-0.39, 0.29) is 0 Å². The minimum absolute atomic E-state index is 0.926. The zero-order valence-corrected chi connectivity index (χ0v) is 27.8. The smallest absolute Gasteiger partial charge is 0.146 e. The predicted octanol–water partition coefficient (Wildman–Crippen LogP) is 11.8. The monoisotopic (exact) mass is 661 g/mol. The van der Waals surface area contributed by atoms with Crippen LogP contribution in [0.3, 0.4) is 0 Å². The van der Waals surface area contributed by atoms with Gasteiger partial charge < -0.3 is 0 Å². The minimum Gasteiger partial charge on any atom is -0.292 e. The molecule has 0 fully saturated rings. The lowest BCUT2D eigenvalue weighted by atomic mass is 9.96. The van der Waals surface area contributed by atoms with Gasteiger partial charge in [0.05, 0.1) is 38.8 Å². The van der Waals surface area contributed by atoms with E-state index < -0.39 is 0 Å². The van der Waals surface area contributed by atoms with Crippen molar-refractivity contribution < 1.29 is 0 Å². The Morgan fingerprint density at radius 2 is 0.865 bits per heavy atom. The summed E-state index contributed by atoms with van der Waals surface area (Å²) in [7, 11) is 0. The van der Waals surface area contributed by atoms with E-state index in [1.54, 1.807) is 0 Å². The number of aromatic nitrogens is 5. The molecule has 0 N–H and O–H groups in total. The molecule has 0 unspecified atom stereocenters. The highest BCUT2D eigenvalue weighted by atomic mass is 15.0. The fraction of sp³-hybridized carbons (Fsp3) is 0. The molecule has 5 aromatic heterocycles. The lowest BCUT2D eigenvalue weighted by Gasteiger charge is -2.12. The average molecular weight is 662 g/mol. The van der Waals surface area contributed by atoms with E-state index in [9.17, 15) is 0 Å². The van der Waals surface area contributed by atoms with Crippen LogP contribution in [0, 0.1) is 0 Å². The van der Waals surface area contributed by atoms with Gasteiger partial charge in [0.1, 0.15) is 11.3 Å². The van der Waals surface area contributed by atoms with Gasteiger partial charge in [-0.25, -0.2) is 9.97 Å². The standard InChI is InChI=1S/C47H27N5/c1-5-13-42-34(9-1)33-22-21-30(25-36(33)46-49-39-11-3-7-15-44(39)51(42)46)29-19-17-28-18-20-31(24-32(28)23-29)41-26-37-38(27-48-41)35-10-2-6-14-43(35)52-45-16-8-4-12-40(45)50-47(37)52/h1-27H. The van der Waals surface area contributed by atoms with E-state index >= 15 is 0 Å². The van der Waals surface area contributed by atoms with Crippen LogP contribution in [0.2, 0.25) is 0 Å². The van der Waals surface area contributed by atoms with Crippen molar-refractivity contribution in [2.24, 2.45) is 0 Å². The van der Waals surface area contributed by atoms with Crippen LogP contribution >= 0.6 is 0 Å². The Morgan fingerprint density at radius 3 is 1.56 bits per heavy atom. The third-order valence-corrected chi connectivity index (χ3v) is 10.9. The minimum atomic E-state index is 0.926. The lowest BCUT2D eigenvalue weighted by molar-refractivity contribution is 1.30. The molecule has 12 rings (SSSR count). The van der Waals surface area contributed by atoms with Crippen molar-refractivity contribution in [3.05, 3.63) is 164 Å². The molecule has 0 bridgehead atoms. The number of imidazole rings is 2.